The fourth-order valence-corrected chi connectivity index (χ4v) is 2.15. The second-order valence-corrected chi connectivity index (χ2v) is 4.36. The summed E-state index contributed by atoms with van der Waals surface area (Å²) < 4.78 is 0. The van der Waals surface area contributed by atoms with E-state index in [0.29, 0.717) is 0 Å². The summed E-state index contributed by atoms with van der Waals surface area (Å²) in [4.78, 5) is 7.12. The molecule has 2 rings (SSSR count). The summed E-state index contributed by atoms with van der Waals surface area (Å²) in [5, 5.41) is 0.771. The molecule has 1 aromatic rings. The molecule has 1 heterocycles. The van der Waals surface area contributed by atoms with Gasteiger partial charge in [-0.25, -0.2) is 5.90 Å². The lowest BCUT2D eigenvalue weighted by molar-refractivity contribution is 0.0690. The van der Waals surface area contributed by atoms with E-state index >= 15 is 0 Å². The van der Waals surface area contributed by atoms with Crippen LogP contribution in [0.1, 0.15) is 12.0 Å². The largest absolute Gasteiger partial charge is 0.368 e. The lowest BCUT2D eigenvalue weighted by Crippen LogP contribution is -2.25. The summed E-state index contributed by atoms with van der Waals surface area (Å²) in [7, 11) is 0. The van der Waals surface area contributed by atoms with E-state index in [0.717, 1.165) is 24.5 Å². The summed E-state index contributed by atoms with van der Waals surface area (Å²) in [6.07, 6.45) is 1.12. The average molecular weight is 227 g/mol. The summed E-state index contributed by atoms with van der Waals surface area (Å²) in [5.41, 5.74) is 2.42. The molecule has 1 aliphatic heterocycles. The van der Waals surface area contributed by atoms with Crippen LogP contribution in [-0.2, 0) is 4.84 Å². The van der Waals surface area contributed by atoms with Crippen molar-refractivity contribution in [3.8, 4) is 0 Å². The van der Waals surface area contributed by atoms with Gasteiger partial charge >= 0.3 is 0 Å². The Morgan fingerprint density at radius 1 is 1.53 bits per heavy atom. The molecule has 1 unspecified atom stereocenters. The predicted molar refractivity (Wildman–Crippen MR) is 62.1 cm³/mol. The van der Waals surface area contributed by atoms with Crippen LogP contribution in [0.4, 0.5) is 5.69 Å². The summed E-state index contributed by atoms with van der Waals surface area (Å²) in [6.45, 7) is 3.91. The number of rotatable bonds is 2. The normalized spacial score (nSPS) is 21.0. The van der Waals surface area contributed by atoms with Crippen LogP contribution in [0, 0.1) is 6.92 Å². The van der Waals surface area contributed by atoms with Gasteiger partial charge in [-0.05, 0) is 31.0 Å². The van der Waals surface area contributed by atoms with Crippen LogP contribution in [0.15, 0.2) is 18.2 Å². The molecule has 1 atom stereocenters. The number of nitrogens with zero attached hydrogens (tertiary/aromatic N) is 1. The average Bonchev–Trinajstić information content (AvgIpc) is 2.70. The van der Waals surface area contributed by atoms with E-state index in [2.05, 4.69) is 11.8 Å². The van der Waals surface area contributed by atoms with Gasteiger partial charge in [-0.2, -0.15) is 0 Å². The number of benzene rings is 1. The molecule has 1 fully saturated rings. The number of hydrogen-bond acceptors (Lipinski definition) is 3. The minimum atomic E-state index is 0.142. The van der Waals surface area contributed by atoms with E-state index < -0.39 is 0 Å². The van der Waals surface area contributed by atoms with E-state index in [1.807, 2.05) is 18.2 Å². The zero-order valence-electron chi connectivity index (χ0n) is 8.74. The first-order valence-corrected chi connectivity index (χ1v) is 5.45. The van der Waals surface area contributed by atoms with E-state index in [4.69, 9.17) is 22.3 Å². The van der Waals surface area contributed by atoms with Gasteiger partial charge in [0, 0.05) is 23.8 Å². The lowest BCUT2D eigenvalue weighted by Gasteiger charge is -2.20. The van der Waals surface area contributed by atoms with Crippen LogP contribution in [0.5, 0.6) is 0 Å². The van der Waals surface area contributed by atoms with E-state index in [1.54, 1.807) is 0 Å². The third-order valence-corrected chi connectivity index (χ3v) is 3.08. The Kier molecular flexibility index (Phi) is 3.14. The van der Waals surface area contributed by atoms with E-state index in [-0.39, 0.29) is 6.10 Å². The predicted octanol–water partition coefficient (Wildman–Crippen LogP) is 2.12. The molecule has 0 bridgehead atoms. The van der Waals surface area contributed by atoms with Crippen molar-refractivity contribution in [2.45, 2.75) is 19.4 Å². The van der Waals surface area contributed by atoms with Gasteiger partial charge in [-0.15, -0.1) is 0 Å². The molecule has 15 heavy (non-hydrogen) atoms. The van der Waals surface area contributed by atoms with Crippen molar-refractivity contribution in [3.63, 3.8) is 0 Å². The molecule has 0 saturated carbocycles. The van der Waals surface area contributed by atoms with Gasteiger partial charge in [0.2, 0.25) is 0 Å². The maximum atomic E-state index is 5.98. The fourth-order valence-electron chi connectivity index (χ4n) is 1.98. The standard InChI is InChI=1S/C11H15ClN2O/c1-8-2-3-9(12)6-11(8)14-5-4-10(7-14)15-13/h2-3,6,10H,4-5,7,13H2,1H3. The van der Waals surface area contributed by atoms with Crippen molar-refractivity contribution in [2.24, 2.45) is 5.90 Å². The SMILES string of the molecule is Cc1ccc(Cl)cc1N1CCC(ON)C1. The van der Waals surface area contributed by atoms with Gasteiger partial charge in [-0.3, -0.25) is 4.84 Å². The van der Waals surface area contributed by atoms with Crippen molar-refractivity contribution in [2.75, 3.05) is 18.0 Å². The second kappa shape index (κ2) is 4.39. The van der Waals surface area contributed by atoms with Gasteiger partial charge in [0.25, 0.3) is 0 Å². The molecule has 2 N–H and O–H groups in total. The van der Waals surface area contributed by atoms with Gasteiger partial charge in [0.1, 0.15) is 0 Å². The van der Waals surface area contributed by atoms with Crippen LogP contribution < -0.4 is 10.8 Å². The minimum absolute atomic E-state index is 0.142. The van der Waals surface area contributed by atoms with Crippen LogP contribution >= 0.6 is 11.6 Å². The molecule has 1 aliphatic rings. The van der Waals surface area contributed by atoms with E-state index in [9.17, 15) is 0 Å². The second-order valence-electron chi connectivity index (χ2n) is 3.92. The van der Waals surface area contributed by atoms with Crippen LogP contribution in [0.2, 0.25) is 5.02 Å². The third kappa shape index (κ3) is 2.25. The van der Waals surface area contributed by atoms with Gasteiger partial charge in [0.05, 0.1) is 6.10 Å². The van der Waals surface area contributed by atoms with Crippen LogP contribution in [-0.4, -0.2) is 19.2 Å². The van der Waals surface area contributed by atoms with Crippen molar-refractivity contribution < 1.29 is 4.84 Å². The van der Waals surface area contributed by atoms with Crippen molar-refractivity contribution in [3.05, 3.63) is 28.8 Å². The zero-order chi connectivity index (χ0) is 10.8. The topological polar surface area (TPSA) is 38.5 Å². The molecule has 82 valence electrons. The Morgan fingerprint density at radius 3 is 3.00 bits per heavy atom. The van der Waals surface area contributed by atoms with E-state index in [1.165, 1.54) is 11.3 Å². The molecule has 0 aromatic heterocycles. The number of hydrogen-bond donors (Lipinski definition) is 1. The van der Waals surface area contributed by atoms with Gasteiger partial charge in [0.15, 0.2) is 0 Å². The highest BCUT2D eigenvalue weighted by atomic mass is 35.5. The highest BCUT2D eigenvalue weighted by molar-refractivity contribution is 6.30. The molecule has 0 spiro atoms. The molecule has 3 nitrogen and oxygen atoms in total. The highest BCUT2D eigenvalue weighted by Gasteiger charge is 2.23. The van der Waals surface area contributed by atoms with Crippen molar-refractivity contribution in [1.29, 1.82) is 0 Å². The lowest BCUT2D eigenvalue weighted by atomic mass is 10.2. The smallest absolute Gasteiger partial charge is 0.0978 e. The molecule has 1 aromatic carbocycles. The fraction of sp³-hybridized carbons (Fsp3) is 0.455. The first-order chi connectivity index (χ1) is 7.20. The first kappa shape index (κ1) is 10.7. The quantitative estimate of drug-likeness (QED) is 0.786. The number of anilines is 1. The molecule has 0 amide bonds. The molecule has 1 saturated heterocycles. The summed E-state index contributed by atoms with van der Waals surface area (Å²) in [6, 6.07) is 5.94. The maximum absolute atomic E-state index is 5.98. The summed E-state index contributed by atoms with van der Waals surface area (Å²) >= 11 is 5.98. The number of aryl methyl sites for hydroxylation is 1. The third-order valence-electron chi connectivity index (χ3n) is 2.85. The van der Waals surface area contributed by atoms with Crippen LogP contribution in [0.3, 0.4) is 0 Å². The van der Waals surface area contributed by atoms with Crippen LogP contribution in [0.25, 0.3) is 0 Å². The molecule has 0 radical (unpaired) electrons. The zero-order valence-corrected chi connectivity index (χ0v) is 9.50. The molecular formula is C11H15ClN2O. The maximum Gasteiger partial charge on any atom is 0.0978 e. The highest BCUT2D eigenvalue weighted by Crippen LogP contribution is 2.27. The van der Waals surface area contributed by atoms with Gasteiger partial charge in [-0.1, -0.05) is 17.7 Å². The Bertz CT molecular complexity index is 356. The van der Waals surface area contributed by atoms with Crippen molar-refractivity contribution >= 4 is 17.3 Å². The molecular weight excluding hydrogens is 212 g/mol. The summed E-state index contributed by atoms with van der Waals surface area (Å²) in [5.74, 6) is 5.19. The Hall–Kier alpha value is -0.770. The minimum Gasteiger partial charge on any atom is -0.368 e. The van der Waals surface area contributed by atoms with Crippen molar-refractivity contribution in [1.82, 2.24) is 0 Å². The number of halogens is 1. The monoisotopic (exact) mass is 226 g/mol. The van der Waals surface area contributed by atoms with Gasteiger partial charge < -0.3 is 4.90 Å². The Balaban J connectivity index is 2.19. The molecule has 0 aliphatic carbocycles. The Morgan fingerprint density at radius 2 is 2.33 bits per heavy atom. The Labute approximate surface area is 94.7 Å². The first-order valence-electron chi connectivity index (χ1n) is 5.07. The number of nitrogens with two attached hydrogens (primary N) is 1. The molecule has 4 heteroatoms.